The smallest absolute Gasteiger partial charge is 0.293 e. The lowest BCUT2D eigenvalue weighted by molar-refractivity contribution is 0.530. The Morgan fingerprint density at radius 2 is 2.05 bits per heavy atom. The van der Waals surface area contributed by atoms with E-state index in [0.29, 0.717) is 0 Å². The van der Waals surface area contributed by atoms with Crippen molar-refractivity contribution < 1.29 is 0 Å². The Hall–Kier alpha value is -1.42. The van der Waals surface area contributed by atoms with Gasteiger partial charge < -0.3 is 0 Å². The average molecular weight is 288 g/mol. The lowest BCUT2D eigenvalue weighted by Crippen LogP contribution is -2.29. The molecule has 1 aliphatic carbocycles. The molecule has 0 N–H and O–H groups in total. The quantitative estimate of drug-likeness (QED) is 0.787. The molecule has 2 heterocycles. The van der Waals surface area contributed by atoms with Crippen molar-refractivity contribution >= 4 is 11.3 Å². The Kier molecular flexibility index (Phi) is 3.74. The molecule has 1 aliphatic rings. The molecule has 0 aromatic carbocycles. The van der Waals surface area contributed by atoms with Crippen LogP contribution in [0.25, 0.3) is 10.6 Å². The number of hydrogen-bond donors (Lipinski definition) is 0. The van der Waals surface area contributed by atoms with Gasteiger partial charge in [-0.3, -0.25) is 4.57 Å². The second kappa shape index (κ2) is 5.52. The highest BCUT2D eigenvalue weighted by molar-refractivity contribution is 7.13. The summed E-state index contributed by atoms with van der Waals surface area (Å²) in [5.74, 6) is 0. The van der Waals surface area contributed by atoms with Gasteiger partial charge in [0.05, 0.1) is 10.6 Å². The van der Waals surface area contributed by atoms with E-state index >= 15 is 0 Å². The van der Waals surface area contributed by atoms with E-state index in [9.17, 15) is 4.79 Å². The summed E-state index contributed by atoms with van der Waals surface area (Å²) < 4.78 is 1.90. The van der Waals surface area contributed by atoms with Crippen molar-refractivity contribution in [2.24, 2.45) is 0 Å². The van der Waals surface area contributed by atoms with E-state index in [1.165, 1.54) is 30.5 Å². The topological polar surface area (TPSA) is 34.9 Å². The summed E-state index contributed by atoms with van der Waals surface area (Å²) in [7, 11) is 0. The van der Waals surface area contributed by atoms with E-state index in [1.54, 1.807) is 11.3 Å². The van der Waals surface area contributed by atoms with Gasteiger partial charge in [0.1, 0.15) is 0 Å². The highest BCUT2D eigenvalue weighted by Crippen LogP contribution is 2.31. The van der Waals surface area contributed by atoms with Crippen LogP contribution in [0.5, 0.6) is 0 Å². The molecule has 106 valence electrons. The van der Waals surface area contributed by atoms with Gasteiger partial charge in [0.25, 0.3) is 0 Å². The van der Waals surface area contributed by atoms with Crippen LogP contribution in [0.1, 0.15) is 50.4 Å². The first kappa shape index (κ1) is 13.6. The molecular weight excluding hydrogens is 268 g/mol. The van der Waals surface area contributed by atoms with E-state index in [2.05, 4.69) is 24.9 Å². The molecule has 0 bridgehead atoms. The van der Waals surface area contributed by atoms with Crippen molar-refractivity contribution in [3.63, 3.8) is 0 Å². The van der Waals surface area contributed by atoms with E-state index in [1.807, 2.05) is 16.0 Å². The lowest BCUT2D eigenvalue weighted by Gasteiger charge is -2.19. The summed E-state index contributed by atoms with van der Waals surface area (Å²) in [5, 5.41) is 2.05. The summed E-state index contributed by atoms with van der Waals surface area (Å²) in [6, 6.07) is 4.27. The van der Waals surface area contributed by atoms with Crippen LogP contribution in [-0.4, -0.2) is 9.55 Å². The first-order valence-electron chi connectivity index (χ1n) is 7.36. The van der Waals surface area contributed by atoms with Gasteiger partial charge in [0.15, 0.2) is 0 Å². The fourth-order valence-corrected chi connectivity index (χ4v) is 3.81. The Bertz CT molecular complexity index is 656. The Morgan fingerprint density at radius 3 is 2.75 bits per heavy atom. The van der Waals surface area contributed by atoms with Gasteiger partial charge in [-0.1, -0.05) is 12.5 Å². The Balaban J connectivity index is 2.28. The molecule has 0 spiro atoms. The third-order valence-corrected chi connectivity index (χ3v) is 4.83. The van der Waals surface area contributed by atoms with Gasteiger partial charge in [-0.15, -0.1) is 11.3 Å². The molecule has 0 saturated heterocycles. The van der Waals surface area contributed by atoms with E-state index in [-0.39, 0.29) is 11.7 Å². The molecule has 0 fully saturated rings. The maximum atomic E-state index is 12.4. The second-order valence-electron chi connectivity index (χ2n) is 5.67. The number of aromatic nitrogens is 2. The van der Waals surface area contributed by atoms with Gasteiger partial charge in [-0.2, -0.15) is 4.98 Å². The van der Waals surface area contributed by atoms with E-state index in [4.69, 9.17) is 0 Å². The number of hydrogen-bond acceptors (Lipinski definition) is 3. The normalized spacial score (nSPS) is 15.2. The zero-order chi connectivity index (χ0) is 14.1. The highest BCUT2D eigenvalue weighted by Gasteiger charge is 2.21. The minimum Gasteiger partial charge on any atom is -0.293 e. The monoisotopic (exact) mass is 288 g/mol. The number of nitrogens with zero attached hydrogens (tertiary/aromatic N) is 2. The van der Waals surface area contributed by atoms with Crippen LogP contribution in [0.15, 0.2) is 22.3 Å². The lowest BCUT2D eigenvalue weighted by atomic mass is 10.0. The summed E-state index contributed by atoms with van der Waals surface area (Å²) in [5.41, 5.74) is 3.36. The Labute approximate surface area is 123 Å². The van der Waals surface area contributed by atoms with Crippen LogP contribution in [0.2, 0.25) is 0 Å². The SMILES string of the molecule is CC(C)n1c2c(c(-c3cccs3)nc1=O)CCCCC2. The van der Waals surface area contributed by atoms with Crippen LogP contribution in [-0.2, 0) is 12.8 Å². The van der Waals surface area contributed by atoms with Gasteiger partial charge in [-0.25, -0.2) is 4.79 Å². The van der Waals surface area contributed by atoms with Crippen molar-refractivity contribution in [1.82, 2.24) is 9.55 Å². The van der Waals surface area contributed by atoms with Crippen LogP contribution in [0.4, 0.5) is 0 Å². The molecular formula is C16H20N2OS. The minimum absolute atomic E-state index is 0.0935. The average Bonchev–Trinajstić information content (AvgIpc) is 2.83. The molecule has 4 heteroatoms. The van der Waals surface area contributed by atoms with Crippen molar-refractivity contribution in [3.05, 3.63) is 39.3 Å². The molecule has 2 aromatic rings. The zero-order valence-electron chi connectivity index (χ0n) is 12.1. The van der Waals surface area contributed by atoms with Crippen LogP contribution < -0.4 is 5.69 Å². The third-order valence-electron chi connectivity index (χ3n) is 3.95. The number of thiophene rings is 1. The standard InChI is InChI=1S/C16H20N2OS/c1-11(2)18-13-8-5-3-4-7-12(13)15(17-16(18)19)14-9-6-10-20-14/h6,9-11H,3-5,7-8H2,1-2H3. The fraction of sp³-hybridized carbons (Fsp3) is 0.500. The van der Waals surface area contributed by atoms with Crippen LogP contribution in [0.3, 0.4) is 0 Å². The summed E-state index contributed by atoms with van der Waals surface area (Å²) >= 11 is 1.67. The third kappa shape index (κ3) is 2.33. The molecule has 0 saturated carbocycles. The van der Waals surface area contributed by atoms with Crippen LogP contribution in [0, 0.1) is 0 Å². The minimum atomic E-state index is -0.0935. The molecule has 3 nitrogen and oxygen atoms in total. The van der Waals surface area contributed by atoms with Crippen LogP contribution >= 0.6 is 11.3 Å². The maximum absolute atomic E-state index is 12.4. The Morgan fingerprint density at radius 1 is 1.25 bits per heavy atom. The first-order chi connectivity index (χ1) is 9.68. The largest absolute Gasteiger partial charge is 0.348 e. The highest BCUT2D eigenvalue weighted by atomic mass is 32.1. The van der Waals surface area contributed by atoms with E-state index < -0.39 is 0 Å². The fourth-order valence-electron chi connectivity index (χ4n) is 3.07. The summed E-state index contributed by atoms with van der Waals surface area (Å²) in [6.07, 6.45) is 5.66. The molecule has 20 heavy (non-hydrogen) atoms. The van der Waals surface area contributed by atoms with Gasteiger partial charge >= 0.3 is 5.69 Å². The molecule has 3 rings (SSSR count). The van der Waals surface area contributed by atoms with Crippen molar-refractivity contribution in [3.8, 4) is 10.6 Å². The maximum Gasteiger partial charge on any atom is 0.348 e. The predicted octanol–water partition coefficient (Wildman–Crippen LogP) is 3.82. The van der Waals surface area contributed by atoms with Gasteiger partial charge in [-0.05, 0) is 56.5 Å². The summed E-state index contributed by atoms with van der Waals surface area (Å²) in [4.78, 5) is 17.9. The number of fused-ring (bicyclic) bond motifs is 1. The van der Waals surface area contributed by atoms with Crippen molar-refractivity contribution in [2.75, 3.05) is 0 Å². The molecule has 0 atom stereocenters. The molecule has 0 amide bonds. The molecule has 0 aliphatic heterocycles. The van der Waals surface area contributed by atoms with E-state index in [0.717, 1.165) is 23.4 Å². The molecule has 0 unspecified atom stereocenters. The van der Waals surface area contributed by atoms with Gasteiger partial charge in [0, 0.05) is 11.7 Å². The zero-order valence-corrected chi connectivity index (χ0v) is 12.9. The predicted molar refractivity (Wildman–Crippen MR) is 83.5 cm³/mol. The summed E-state index contributed by atoms with van der Waals surface area (Å²) in [6.45, 7) is 4.14. The molecule has 2 aromatic heterocycles. The number of rotatable bonds is 2. The second-order valence-corrected chi connectivity index (χ2v) is 6.62. The first-order valence-corrected chi connectivity index (χ1v) is 8.24. The molecule has 0 radical (unpaired) electrons. The van der Waals surface area contributed by atoms with Crippen molar-refractivity contribution in [2.45, 2.75) is 52.0 Å². The van der Waals surface area contributed by atoms with Crippen molar-refractivity contribution in [1.29, 1.82) is 0 Å². The van der Waals surface area contributed by atoms with Gasteiger partial charge in [0.2, 0.25) is 0 Å².